The molecule has 0 amide bonds. The topological polar surface area (TPSA) is 66.5 Å². The number of hydrogen-bond acceptors (Lipinski definition) is 4. The quantitative estimate of drug-likeness (QED) is 0.590. The van der Waals surface area contributed by atoms with Crippen molar-refractivity contribution in [2.24, 2.45) is 0 Å². The van der Waals surface area contributed by atoms with Gasteiger partial charge in [0.05, 0.1) is 0 Å². The van der Waals surface area contributed by atoms with Crippen LogP contribution >= 0.6 is 0 Å². The first kappa shape index (κ1) is 14.1. The Kier molecular flexibility index (Phi) is 3.73. The first-order valence-electron chi connectivity index (χ1n) is 7.64. The predicted molar refractivity (Wildman–Crippen MR) is 96.8 cm³/mol. The Morgan fingerprint density at radius 2 is 1.58 bits per heavy atom. The normalized spacial score (nSPS) is 11.2. The molecule has 5 nitrogen and oxygen atoms in total. The highest BCUT2D eigenvalue weighted by molar-refractivity contribution is 5.86. The maximum atomic E-state index is 4.50. The molecule has 0 aliphatic carbocycles. The van der Waals surface area contributed by atoms with Crippen LogP contribution in [-0.2, 0) is 0 Å². The van der Waals surface area contributed by atoms with Gasteiger partial charge in [0, 0.05) is 5.69 Å². The molecule has 0 radical (unpaired) electrons. The van der Waals surface area contributed by atoms with Gasteiger partial charge in [0.1, 0.15) is 17.7 Å². The molecule has 0 saturated carbocycles. The van der Waals surface area contributed by atoms with E-state index in [0.717, 1.165) is 22.6 Å². The molecular formula is C19H15N5. The molecule has 2 aromatic carbocycles. The zero-order chi connectivity index (χ0) is 16.2. The van der Waals surface area contributed by atoms with Crippen LogP contribution in [0.4, 0.5) is 11.5 Å². The van der Waals surface area contributed by atoms with Crippen molar-refractivity contribution in [3.05, 3.63) is 78.4 Å². The zero-order valence-corrected chi connectivity index (χ0v) is 12.8. The van der Waals surface area contributed by atoms with Gasteiger partial charge in [-0.05, 0) is 23.8 Å². The van der Waals surface area contributed by atoms with Crippen molar-refractivity contribution in [1.29, 1.82) is 0 Å². The first-order valence-corrected chi connectivity index (χ1v) is 7.64. The molecule has 0 fully saturated rings. The second kappa shape index (κ2) is 6.34. The molecule has 0 aliphatic heterocycles. The smallest absolute Gasteiger partial charge is 0.183 e. The van der Waals surface area contributed by atoms with Gasteiger partial charge in [0.25, 0.3) is 0 Å². The van der Waals surface area contributed by atoms with E-state index >= 15 is 0 Å². The molecule has 2 heterocycles. The summed E-state index contributed by atoms with van der Waals surface area (Å²) >= 11 is 0. The number of imidazole rings is 1. The van der Waals surface area contributed by atoms with Crippen molar-refractivity contribution in [2.45, 2.75) is 0 Å². The number of anilines is 2. The number of nitrogens with one attached hydrogen (secondary N) is 2. The molecule has 0 spiro atoms. The van der Waals surface area contributed by atoms with Gasteiger partial charge in [0.2, 0.25) is 0 Å². The van der Waals surface area contributed by atoms with E-state index < -0.39 is 0 Å². The van der Waals surface area contributed by atoms with Crippen LogP contribution in [0.2, 0.25) is 0 Å². The summed E-state index contributed by atoms with van der Waals surface area (Å²) < 4.78 is 0. The van der Waals surface area contributed by atoms with Crippen molar-refractivity contribution in [3.8, 4) is 0 Å². The second-order valence-electron chi connectivity index (χ2n) is 5.28. The fourth-order valence-corrected chi connectivity index (χ4v) is 2.42. The Balaban J connectivity index is 1.66. The van der Waals surface area contributed by atoms with Gasteiger partial charge in [-0.25, -0.2) is 15.0 Å². The predicted octanol–water partition coefficient (Wildman–Crippen LogP) is 4.27. The van der Waals surface area contributed by atoms with Gasteiger partial charge in [-0.3, -0.25) is 0 Å². The summed E-state index contributed by atoms with van der Waals surface area (Å²) in [7, 11) is 0. The third-order valence-corrected chi connectivity index (χ3v) is 3.58. The molecule has 2 N–H and O–H groups in total. The fraction of sp³-hybridized carbons (Fsp3) is 0. The molecule has 0 aliphatic rings. The lowest BCUT2D eigenvalue weighted by atomic mass is 10.2. The van der Waals surface area contributed by atoms with Crippen molar-refractivity contribution in [2.75, 3.05) is 5.32 Å². The van der Waals surface area contributed by atoms with E-state index in [1.54, 1.807) is 0 Å². The van der Waals surface area contributed by atoms with E-state index in [1.807, 2.05) is 72.8 Å². The molecule has 4 rings (SSSR count). The minimum Gasteiger partial charge on any atom is -0.338 e. The summed E-state index contributed by atoms with van der Waals surface area (Å²) in [5.74, 6) is 1.45. The Morgan fingerprint density at radius 1 is 0.833 bits per heavy atom. The van der Waals surface area contributed by atoms with E-state index in [4.69, 9.17) is 0 Å². The highest BCUT2D eigenvalue weighted by Gasteiger charge is 2.08. The van der Waals surface area contributed by atoms with Crippen LogP contribution in [0, 0.1) is 0 Å². The van der Waals surface area contributed by atoms with Gasteiger partial charge in [-0.15, -0.1) is 0 Å². The van der Waals surface area contributed by atoms with E-state index in [1.165, 1.54) is 6.33 Å². The van der Waals surface area contributed by atoms with Crippen molar-refractivity contribution >= 4 is 34.8 Å². The molecule has 0 bridgehead atoms. The molecule has 24 heavy (non-hydrogen) atoms. The third kappa shape index (κ3) is 3.01. The Hall–Kier alpha value is -3.47. The van der Waals surface area contributed by atoms with Crippen LogP contribution in [0.3, 0.4) is 0 Å². The minimum atomic E-state index is 0.635. The van der Waals surface area contributed by atoms with Gasteiger partial charge in [-0.2, -0.15) is 0 Å². The van der Waals surface area contributed by atoms with Gasteiger partial charge in [-0.1, -0.05) is 54.6 Å². The summed E-state index contributed by atoms with van der Waals surface area (Å²) in [6.07, 6.45) is 5.46. The number of H-pyrrole nitrogens is 1. The van der Waals surface area contributed by atoms with Crippen LogP contribution in [0.5, 0.6) is 0 Å². The highest BCUT2D eigenvalue weighted by Crippen LogP contribution is 2.21. The second-order valence-corrected chi connectivity index (χ2v) is 5.28. The van der Waals surface area contributed by atoms with Crippen molar-refractivity contribution < 1.29 is 0 Å². The lowest BCUT2D eigenvalue weighted by Crippen LogP contribution is -1.95. The number of nitrogens with zero attached hydrogens (tertiary/aromatic N) is 3. The number of hydrogen-bond donors (Lipinski definition) is 2. The third-order valence-electron chi connectivity index (χ3n) is 3.58. The van der Waals surface area contributed by atoms with E-state index in [0.29, 0.717) is 11.5 Å². The summed E-state index contributed by atoms with van der Waals surface area (Å²) in [4.78, 5) is 16.3. The van der Waals surface area contributed by atoms with Crippen molar-refractivity contribution in [1.82, 2.24) is 19.9 Å². The Labute approximate surface area is 139 Å². The summed E-state index contributed by atoms with van der Waals surface area (Å²) in [6.45, 7) is 0. The van der Waals surface area contributed by atoms with Crippen LogP contribution in [0.15, 0.2) is 67.0 Å². The molecule has 2 aromatic heterocycles. The average Bonchev–Trinajstić information content (AvgIpc) is 3.06. The summed E-state index contributed by atoms with van der Waals surface area (Å²) in [5, 5.41) is 3.29. The lowest BCUT2D eigenvalue weighted by Gasteiger charge is -2.04. The number of benzene rings is 2. The van der Waals surface area contributed by atoms with Crippen LogP contribution < -0.4 is 5.32 Å². The minimum absolute atomic E-state index is 0.635. The van der Waals surface area contributed by atoms with E-state index in [9.17, 15) is 0 Å². The maximum absolute atomic E-state index is 4.50. The van der Waals surface area contributed by atoms with Gasteiger partial charge >= 0.3 is 0 Å². The molecule has 0 unspecified atom stereocenters. The Bertz CT molecular complexity index is 975. The molecule has 116 valence electrons. The SMILES string of the molecule is C(=C\c1nc2ncnc(Nc3ccccc3)c2[nH]1)/c1ccccc1. The van der Waals surface area contributed by atoms with Crippen LogP contribution in [0.25, 0.3) is 23.3 Å². The maximum Gasteiger partial charge on any atom is 0.183 e. The number of fused-ring (bicyclic) bond motifs is 1. The zero-order valence-electron chi connectivity index (χ0n) is 12.8. The number of para-hydroxylation sites is 1. The summed E-state index contributed by atoms with van der Waals surface area (Å²) in [5.41, 5.74) is 3.50. The molecule has 5 heteroatoms. The molecule has 0 saturated heterocycles. The van der Waals surface area contributed by atoms with Gasteiger partial charge < -0.3 is 10.3 Å². The van der Waals surface area contributed by atoms with Crippen LogP contribution in [0.1, 0.15) is 11.4 Å². The van der Waals surface area contributed by atoms with E-state index in [2.05, 4.69) is 25.3 Å². The van der Waals surface area contributed by atoms with Gasteiger partial charge in [0.15, 0.2) is 11.5 Å². The first-order chi connectivity index (χ1) is 11.9. The van der Waals surface area contributed by atoms with Crippen molar-refractivity contribution in [3.63, 3.8) is 0 Å². The highest BCUT2D eigenvalue weighted by atomic mass is 15.1. The standard InChI is InChI=1S/C19H15N5/c1-3-7-14(8-4-1)11-12-16-23-17-18(20-13-21-19(17)24-16)22-15-9-5-2-6-10-15/h1-13H,(H2,20,21,22,23,24)/b12-11+. The lowest BCUT2D eigenvalue weighted by molar-refractivity contribution is 1.20. The number of aromatic amines is 1. The Morgan fingerprint density at radius 3 is 2.38 bits per heavy atom. The molecule has 0 atom stereocenters. The number of rotatable bonds is 4. The summed E-state index contributed by atoms with van der Waals surface area (Å²) in [6, 6.07) is 20.0. The largest absolute Gasteiger partial charge is 0.338 e. The molecular weight excluding hydrogens is 298 g/mol. The average molecular weight is 313 g/mol. The number of aromatic nitrogens is 4. The molecule has 4 aromatic rings. The van der Waals surface area contributed by atoms with Crippen LogP contribution in [-0.4, -0.2) is 19.9 Å². The monoisotopic (exact) mass is 313 g/mol. The fourth-order valence-electron chi connectivity index (χ4n) is 2.42. The van der Waals surface area contributed by atoms with E-state index in [-0.39, 0.29) is 0 Å².